The number of hydrogen-bond acceptors (Lipinski definition) is 4. The van der Waals surface area contributed by atoms with Crippen LogP contribution in [0.25, 0.3) is 0 Å². The molecule has 0 saturated carbocycles. The molecule has 0 bridgehead atoms. The second-order valence-electron chi connectivity index (χ2n) is 5.68. The minimum absolute atomic E-state index is 0.0227. The van der Waals surface area contributed by atoms with Crippen molar-refractivity contribution in [2.75, 3.05) is 13.1 Å². The molecular weight excluding hydrogens is 270 g/mol. The smallest absolute Gasteiger partial charge is 0.303 e. The van der Waals surface area contributed by atoms with Crippen molar-refractivity contribution < 1.29 is 14.7 Å². The third kappa shape index (κ3) is 4.00. The van der Waals surface area contributed by atoms with Gasteiger partial charge in [-0.15, -0.1) is 0 Å². The highest BCUT2D eigenvalue weighted by molar-refractivity contribution is 5.95. The summed E-state index contributed by atoms with van der Waals surface area (Å²) in [5.41, 5.74) is 1.96. The van der Waals surface area contributed by atoms with Gasteiger partial charge < -0.3 is 10.0 Å². The zero-order valence-corrected chi connectivity index (χ0v) is 12.5. The number of carboxylic acid groups (broad SMARTS) is 1. The summed E-state index contributed by atoms with van der Waals surface area (Å²) < 4.78 is 0. The number of nitrogens with zero attached hydrogens (tertiary/aromatic N) is 3. The molecular formula is C15H21N3O3. The fraction of sp³-hybridized carbons (Fsp3) is 0.600. The van der Waals surface area contributed by atoms with Gasteiger partial charge in [-0.1, -0.05) is 0 Å². The van der Waals surface area contributed by atoms with Gasteiger partial charge in [0, 0.05) is 19.5 Å². The number of piperidine rings is 1. The molecule has 1 fully saturated rings. The number of hydrogen-bond donors (Lipinski definition) is 1. The van der Waals surface area contributed by atoms with E-state index in [9.17, 15) is 9.59 Å². The van der Waals surface area contributed by atoms with Crippen LogP contribution in [0, 0.1) is 19.8 Å². The van der Waals surface area contributed by atoms with Crippen molar-refractivity contribution >= 4 is 11.9 Å². The minimum Gasteiger partial charge on any atom is -0.481 e. The van der Waals surface area contributed by atoms with E-state index in [-0.39, 0.29) is 18.2 Å². The lowest BCUT2D eigenvalue weighted by Gasteiger charge is -2.33. The Balaban J connectivity index is 2.05. The molecule has 1 aromatic heterocycles. The van der Waals surface area contributed by atoms with Gasteiger partial charge in [0.25, 0.3) is 5.91 Å². The number of amides is 1. The number of carbonyl (C=O) groups is 2. The van der Waals surface area contributed by atoms with E-state index >= 15 is 0 Å². The molecule has 0 aliphatic carbocycles. The molecule has 1 unspecified atom stereocenters. The van der Waals surface area contributed by atoms with E-state index < -0.39 is 5.97 Å². The second-order valence-corrected chi connectivity index (χ2v) is 5.68. The average Bonchev–Trinajstić information content (AvgIpc) is 2.47. The predicted octanol–water partition coefficient (Wildman–Crippen LogP) is 1.81. The molecule has 1 aliphatic rings. The molecule has 1 aliphatic heterocycles. The maximum atomic E-state index is 12.6. The Morgan fingerprint density at radius 3 is 2.86 bits per heavy atom. The fourth-order valence-corrected chi connectivity index (χ4v) is 2.75. The van der Waals surface area contributed by atoms with Crippen molar-refractivity contribution in [3.63, 3.8) is 0 Å². The SMILES string of the molecule is Cc1cc(C(=O)N2CCCC(CCC(=O)O)C2)c(C)nn1. The Hall–Kier alpha value is -1.98. The van der Waals surface area contributed by atoms with Crippen LogP contribution >= 0.6 is 0 Å². The maximum Gasteiger partial charge on any atom is 0.303 e. The van der Waals surface area contributed by atoms with Crippen LogP contribution in [0.1, 0.15) is 47.4 Å². The molecule has 1 saturated heterocycles. The van der Waals surface area contributed by atoms with E-state index in [1.165, 1.54) is 0 Å². The summed E-state index contributed by atoms with van der Waals surface area (Å²) in [6, 6.07) is 1.77. The Kier molecular flexibility index (Phi) is 4.88. The lowest BCUT2D eigenvalue weighted by molar-refractivity contribution is -0.137. The molecule has 1 amide bonds. The second kappa shape index (κ2) is 6.65. The summed E-state index contributed by atoms with van der Waals surface area (Å²) >= 11 is 0. The molecule has 0 aromatic carbocycles. The first-order chi connectivity index (χ1) is 9.97. The monoisotopic (exact) mass is 291 g/mol. The van der Waals surface area contributed by atoms with E-state index in [2.05, 4.69) is 10.2 Å². The van der Waals surface area contributed by atoms with Crippen molar-refractivity contribution in [3.8, 4) is 0 Å². The summed E-state index contributed by atoms with van der Waals surface area (Å²) in [4.78, 5) is 25.1. The molecule has 1 atom stereocenters. The molecule has 0 radical (unpaired) electrons. The molecule has 1 N–H and O–H groups in total. The molecule has 114 valence electrons. The van der Waals surface area contributed by atoms with Crippen LogP contribution in [0.15, 0.2) is 6.07 Å². The third-order valence-corrected chi connectivity index (χ3v) is 3.90. The first-order valence-corrected chi connectivity index (χ1v) is 7.29. The number of aryl methyl sites for hydroxylation is 2. The van der Waals surface area contributed by atoms with E-state index in [0.717, 1.165) is 25.1 Å². The Labute approximate surface area is 124 Å². The van der Waals surface area contributed by atoms with Crippen LogP contribution in [-0.2, 0) is 4.79 Å². The highest BCUT2D eigenvalue weighted by Gasteiger charge is 2.26. The molecule has 6 nitrogen and oxygen atoms in total. The van der Waals surface area contributed by atoms with Gasteiger partial charge in [0.2, 0.25) is 0 Å². The van der Waals surface area contributed by atoms with Crippen LogP contribution in [0.4, 0.5) is 0 Å². The Bertz CT molecular complexity index is 545. The number of rotatable bonds is 4. The van der Waals surface area contributed by atoms with Crippen LogP contribution < -0.4 is 0 Å². The van der Waals surface area contributed by atoms with Crippen molar-refractivity contribution in [2.45, 2.75) is 39.5 Å². The lowest BCUT2D eigenvalue weighted by Crippen LogP contribution is -2.40. The zero-order chi connectivity index (χ0) is 15.4. The van der Waals surface area contributed by atoms with Crippen LogP contribution in [-0.4, -0.2) is 45.2 Å². The van der Waals surface area contributed by atoms with E-state index in [0.29, 0.717) is 24.2 Å². The predicted molar refractivity (Wildman–Crippen MR) is 77.0 cm³/mol. The molecule has 21 heavy (non-hydrogen) atoms. The van der Waals surface area contributed by atoms with Crippen molar-refractivity contribution in [3.05, 3.63) is 23.0 Å². The summed E-state index contributed by atoms with van der Waals surface area (Å²) in [6.07, 6.45) is 2.71. The highest BCUT2D eigenvalue weighted by atomic mass is 16.4. The summed E-state index contributed by atoms with van der Waals surface area (Å²) in [5, 5.41) is 16.7. The Morgan fingerprint density at radius 1 is 1.38 bits per heavy atom. The van der Waals surface area contributed by atoms with Crippen LogP contribution in [0.5, 0.6) is 0 Å². The maximum absolute atomic E-state index is 12.6. The highest BCUT2D eigenvalue weighted by Crippen LogP contribution is 2.23. The zero-order valence-electron chi connectivity index (χ0n) is 12.5. The molecule has 2 heterocycles. The minimum atomic E-state index is -0.775. The number of aliphatic carboxylic acids is 1. The Morgan fingerprint density at radius 2 is 2.14 bits per heavy atom. The van der Waals surface area contributed by atoms with Crippen molar-refractivity contribution in [1.29, 1.82) is 0 Å². The van der Waals surface area contributed by atoms with Gasteiger partial charge in [0.1, 0.15) is 0 Å². The van der Waals surface area contributed by atoms with Crippen molar-refractivity contribution in [1.82, 2.24) is 15.1 Å². The first-order valence-electron chi connectivity index (χ1n) is 7.29. The summed E-state index contributed by atoms with van der Waals surface area (Å²) in [5.74, 6) is -0.524. The molecule has 6 heteroatoms. The summed E-state index contributed by atoms with van der Waals surface area (Å²) in [6.45, 7) is 4.96. The first kappa shape index (κ1) is 15.4. The van der Waals surface area contributed by atoms with Gasteiger partial charge >= 0.3 is 5.97 Å². The largest absolute Gasteiger partial charge is 0.481 e. The van der Waals surface area contributed by atoms with E-state index in [1.807, 2.05) is 11.8 Å². The molecule has 1 aromatic rings. The van der Waals surface area contributed by atoms with Gasteiger partial charge in [0.15, 0.2) is 0 Å². The number of carbonyl (C=O) groups excluding carboxylic acids is 1. The van der Waals surface area contributed by atoms with Gasteiger partial charge in [0.05, 0.1) is 17.0 Å². The number of aromatic nitrogens is 2. The van der Waals surface area contributed by atoms with E-state index in [1.54, 1.807) is 13.0 Å². The van der Waals surface area contributed by atoms with Gasteiger partial charge in [-0.05, 0) is 45.1 Å². The van der Waals surface area contributed by atoms with Gasteiger partial charge in [-0.25, -0.2) is 0 Å². The van der Waals surface area contributed by atoms with Crippen LogP contribution in [0.2, 0.25) is 0 Å². The lowest BCUT2D eigenvalue weighted by atomic mass is 9.93. The third-order valence-electron chi connectivity index (χ3n) is 3.90. The van der Waals surface area contributed by atoms with Crippen LogP contribution in [0.3, 0.4) is 0 Å². The van der Waals surface area contributed by atoms with Gasteiger partial charge in [-0.3, -0.25) is 9.59 Å². The number of carboxylic acids is 1. The molecule has 0 spiro atoms. The molecule has 2 rings (SSSR count). The standard InChI is InChI=1S/C15H21N3O3/c1-10-8-13(11(2)17-16-10)15(21)18-7-3-4-12(9-18)5-6-14(19)20/h8,12H,3-7,9H2,1-2H3,(H,19,20). The summed E-state index contributed by atoms with van der Waals surface area (Å²) in [7, 11) is 0. The average molecular weight is 291 g/mol. The normalized spacial score (nSPS) is 18.6. The van der Waals surface area contributed by atoms with Crippen molar-refractivity contribution in [2.24, 2.45) is 5.92 Å². The topological polar surface area (TPSA) is 83.4 Å². The van der Waals surface area contributed by atoms with E-state index in [4.69, 9.17) is 5.11 Å². The van der Waals surface area contributed by atoms with Gasteiger partial charge in [-0.2, -0.15) is 10.2 Å². The quantitative estimate of drug-likeness (QED) is 0.914. The number of likely N-dealkylation sites (tertiary alicyclic amines) is 1. The fourth-order valence-electron chi connectivity index (χ4n) is 2.75.